The van der Waals surface area contributed by atoms with Crippen molar-refractivity contribution in [2.24, 2.45) is 0 Å². The molecule has 2 aliphatic rings. The Morgan fingerprint density at radius 1 is 1.07 bits per heavy atom. The number of hydrogen-bond acceptors (Lipinski definition) is 6. The average Bonchev–Trinajstić information content (AvgIpc) is 2.88. The van der Waals surface area contributed by atoms with E-state index in [-0.39, 0.29) is 17.9 Å². The number of rotatable bonds is 3. The maximum Gasteiger partial charge on any atom is 0.327 e. The number of piperidine rings is 1. The van der Waals surface area contributed by atoms with Crippen molar-refractivity contribution < 1.29 is 9.59 Å². The Labute approximate surface area is 170 Å². The number of aryl methyl sites for hydroxylation is 1. The zero-order valence-corrected chi connectivity index (χ0v) is 17.1. The Bertz CT molecular complexity index is 953. The van der Waals surface area contributed by atoms with Crippen LogP contribution >= 0.6 is 0 Å². The van der Waals surface area contributed by atoms with Crippen LogP contribution in [0.3, 0.4) is 0 Å². The first-order valence-corrected chi connectivity index (χ1v) is 9.83. The van der Waals surface area contributed by atoms with Gasteiger partial charge in [0, 0.05) is 37.9 Å². The first-order valence-electron chi connectivity index (χ1n) is 9.83. The van der Waals surface area contributed by atoms with Gasteiger partial charge in [0.1, 0.15) is 11.4 Å². The molecule has 0 saturated carbocycles. The van der Waals surface area contributed by atoms with Gasteiger partial charge in [-0.3, -0.25) is 9.69 Å². The van der Waals surface area contributed by atoms with Crippen LogP contribution in [0.25, 0.3) is 0 Å². The summed E-state index contributed by atoms with van der Waals surface area (Å²) in [6.45, 7) is 5.56. The van der Waals surface area contributed by atoms with E-state index in [0.29, 0.717) is 32.5 Å². The maximum atomic E-state index is 13.1. The first kappa shape index (κ1) is 19.2. The van der Waals surface area contributed by atoms with E-state index in [4.69, 9.17) is 5.73 Å². The molecule has 1 aromatic carbocycles. The van der Waals surface area contributed by atoms with Crippen LogP contribution in [0, 0.1) is 13.8 Å². The van der Waals surface area contributed by atoms with E-state index in [1.54, 1.807) is 11.9 Å². The Kier molecular flexibility index (Phi) is 4.64. The summed E-state index contributed by atoms with van der Waals surface area (Å²) in [6, 6.07) is 9.57. The Hall–Kier alpha value is -3.16. The fraction of sp³-hybridized carbons (Fsp3) is 0.429. The number of hydrogen-bond donors (Lipinski definition) is 1. The fourth-order valence-electron chi connectivity index (χ4n) is 4.38. The van der Waals surface area contributed by atoms with Gasteiger partial charge in [-0.05, 0) is 32.3 Å². The molecular formula is C21H26N6O2. The predicted octanol–water partition coefficient (Wildman–Crippen LogP) is 2.11. The van der Waals surface area contributed by atoms with Crippen molar-refractivity contribution in [3.63, 3.8) is 0 Å². The second-order valence-electron chi connectivity index (χ2n) is 7.85. The molecule has 0 unspecified atom stereocenters. The highest BCUT2D eigenvalue weighted by atomic mass is 16.2. The highest BCUT2D eigenvalue weighted by Crippen LogP contribution is 2.39. The lowest BCUT2D eigenvalue weighted by Crippen LogP contribution is -2.56. The highest BCUT2D eigenvalue weighted by molar-refractivity contribution is 6.06. The van der Waals surface area contributed by atoms with E-state index in [2.05, 4.69) is 14.9 Å². The number of nitrogens with zero attached hydrogens (tertiary/aromatic N) is 5. The van der Waals surface area contributed by atoms with Crippen LogP contribution in [0.5, 0.6) is 0 Å². The third-order valence-corrected chi connectivity index (χ3v) is 6.19. The number of nitrogen functional groups attached to an aromatic ring is 1. The van der Waals surface area contributed by atoms with Crippen LogP contribution in [0.2, 0.25) is 0 Å². The van der Waals surface area contributed by atoms with E-state index in [1.165, 1.54) is 4.90 Å². The van der Waals surface area contributed by atoms with Gasteiger partial charge in [0.15, 0.2) is 0 Å². The molecule has 29 heavy (non-hydrogen) atoms. The van der Waals surface area contributed by atoms with Crippen LogP contribution in [-0.2, 0) is 11.3 Å². The summed E-state index contributed by atoms with van der Waals surface area (Å²) in [5.74, 6) is 0.943. The minimum atomic E-state index is -0.806. The molecule has 8 nitrogen and oxygen atoms in total. The Morgan fingerprint density at radius 2 is 1.72 bits per heavy atom. The van der Waals surface area contributed by atoms with Crippen molar-refractivity contribution in [2.75, 3.05) is 30.8 Å². The molecule has 0 bridgehead atoms. The van der Waals surface area contributed by atoms with E-state index in [1.807, 2.05) is 44.2 Å². The van der Waals surface area contributed by atoms with E-state index in [0.717, 1.165) is 22.6 Å². The summed E-state index contributed by atoms with van der Waals surface area (Å²) < 4.78 is 0. The predicted molar refractivity (Wildman–Crippen MR) is 110 cm³/mol. The number of carbonyl (C=O) groups is 2. The fourth-order valence-corrected chi connectivity index (χ4v) is 4.38. The molecule has 1 spiro atoms. The molecule has 152 valence electrons. The number of nitrogens with two attached hydrogens (primary N) is 1. The molecule has 0 radical (unpaired) electrons. The number of aromatic nitrogens is 2. The molecule has 8 heteroatoms. The molecule has 2 N–H and O–H groups in total. The zero-order valence-electron chi connectivity index (χ0n) is 17.1. The van der Waals surface area contributed by atoms with Crippen molar-refractivity contribution in [3.05, 3.63) is 47.2 Å². The quantitative estimate of drug-likeness (QED) is 0.801. The van der Waals surface area contributed by atoms with Gasteiger partial charge < -0.3 is 15.5 Å². The summed E-state index contributed by atoms with van der Waals surface area (Å²) in [7, 11) is 1.57. The minimum Gasteiger partial charge on any atom is -0.368 e. The minimum absolute atomic E-state index is 0.117. The maximum absolute atomic E-state index is 13.1. The summed E-state index contributed by atoms with van der Waals surface area (Å²) in [5.41, 5.74) is 7.90. The monoisotopic (exact) mass is 394 g/mol. The van der Waals surface area contributed by atoms with E-state index in [9.17, 15) is 9.59 Å². The van der Waals surface area contributed by atoms with Crippen molar-refractivity contribution in [1.29, 1.82) is 0 Å². The van der Waals surface area contributed by atoms with Gasteiger partial charge in [0.25, 0.3) is 5.91 Å². The number of likely N-dealkylation sites (N-methyl/N-ethyl adjacent to an activating group) is 1. The summed E-state index contributed by atoms with van der Waals surface area (Å²) in [5, 5.41) is 0. The van der Waals surface area contributed by atoms with Crippen molar-refractivity contribution in [3.8, 4) is 0 Å². The van der Waals surface area contributed by atoms with Crippen LogP contribution in [0.1, 0.15) is 29.7 Å². The largest absolute Gasteiger partial charge is 0.368 e. The molecule has 1 aromatic heterocycles. The van der Waals surface area contributed by atoms with Gasteiger partial charge in [0.2, 0.25) is 5.95 Å². The van der Waals surface area contributed by atoms with Crippen LogP contribution < -0.4 is 10.6 Å². The number of anilines is 2. The molecule has 2 aliphatic heterocycles. The molecular weight excluding hydrogens is 368 g/mol. The van der Waals surface area contributed by atoms with Gasteiger partial charge in [-0.25, -0.2) is 9.78 Å². The second kappa shape index (κ2) is 7.02. The number of benzene rings is 1. The molecule has 2 aromatic rings. The van der Waals surface area contributed by atoms with Gasteiger partial charge in [-0.2, -0.15) is 4.98 Å². The molecule has 4 rings (SSSR count). The number of amides is 3. The lowest BCUT2D eigenvalue weighted by Gasteiger charge is -2.43. The Morgan fingerprint density at radius 3 is 2.38 bits per heavy atom. The molecule has 3 amide bonds. The molecule has 2 saturated heterocycles. The lowest BCUT2D eigenvalue weighted by molar-refractivity contribution is -0.133. The SMILES string of the molecule is Cc1nc(N)nc(N2CCC3(CC2)C(=O)N(C)C(=O)N3Cc2ccccc2)c1C. The zero-order chi connectivity index (χ0) is 20.8. The Balaban J connectivity index is 1.61. The van der Waals surface area contributed by atoms with Crippen molar-refractivity contribution in [2.45, 2.75) is 38.8 Å². The summed E-state index contributed by atoms with van der Waals surface area (Å²) >= 11 is 0. The third-order valence-electron chi connectivity index (χ3n) is 6.19. The topological polar surface area (TPSA) is 95.7 Å². The molecule has 3 heterocycles. The van der Waals surface area contributed by atoms with Crippen LogP contribution in [0.4, 0.5) is 16.6 Å². The second-order valence-corrected chi connectivity index (χ2v) is 7.85. The summed E-state index contributed by atoms with van der Waals surface area (Å²) in [4.78, 5) is 39.8. The normalized spacial score (nSPS) is 18.8. The van der Waals surface area contributed by atoms with Crippen LogP contribution in [0.15, 0.2) is 30.3 Å². The molecule has 0 atom stereocenters. The molecule has 2 fully saturated rings. The van der Waals surface area contributed by atoms with Crippen LogP contribution in [-0.4, -0.2) is 57.4 Å². The standard InChI is InChI=1S/C21H26N6O2/c1-14-15(2)23-19(22)24-17(14)26-11-9-21(10-12-26)18(28)25(3)20(29)27(21)13-16-7-5-4-6-8-16/h4-8H,9-13H2,1-3H3,(H2,22,23,24). The van der Waals surface area contributed by atoms with Crippen molar-refractivity contribution in [1.82, 2.24) is 19.8 Å². The van der Waals surface area contributed by atoms with Gasteiger partial charge in [-0.15, -0.1) is 0 Å². The highest BCUT2D eigenvalue weighted by Gasteiger charge is 2.56. The number of urea groups is 1. The lowest BCUT2D eigenvalue weighted by atomic mass is 9.85. The van der Waals surface area contributed by atoms with E-state index < -0.39 is 5.54 Å². The smallest absolute Gasteiger partial charge is 0.327 e. The number of carbonyl (C=O) groups excluding carboxylic acids is 2. The summed E-state index contributed by atoms with van der Waals surface area (Å²) in [6.07, 6.45) is 1.11. The first-order chi connectivity index (χ1) is 13.8. The van der Waals surface area contributed by atoms with E-state index >= 15 is 0 Å². The van der Waals surface area contributed by atoms with Crippen molar-refractivity contribution >= 4 is 23.7 Å². The average molecular weight is 394 g/mol. The van der Waals surface area contributed by atoms with Gasteiger partial charge in [-0.1, -0.05) is 30.3 Å². The number of imide groups is 1. The van der Waals surface area contributed by atoms with Gasteiger partial charge in [0.05, 0.1) is 0 Å². The molecule has 0 aliphatic carbocycles. The van der Waals surface area contributed by atoms with Gasteiger partial charge >= 0.3 is 6.03 Å². The third kappa shape index (κ3) is 3.08.